The Morgan fingerprint density at radius 3 is 3.00 bits per heavy atom. The van der Waals surface area contributed by atoms with Crippen molar-refractivity contribution in [1.29, 1.82) is 0 Å². The maximum atomic E-state index is 5.53. The molecular formula is C12H17N3. The maximum Gasteiger partial charge on any atom is 0.0499 e. The van der Waals surface area contributed by atoms with Gasteiger partial charge in [-0.15, -0.1) is 0 Å². The van der Waals surface area contributed by atoms with E-state index in [2.05, 4.69) is 41.2 Å². The molecule has 3 heteroatoms. The summed E-state index contributed by atoms with van der Waals surface area (Å²) in [5.41, 5.74) is 8.09. The molecule has 0 aliphatic carbocycles. The third kappa shape index (κ3) is 2.19. The van der Waals surface area contributed by atoms with Crippen molar-refractivity contribution >= 4 is 10.9 Å². The number of hydrogen-bond donors (Lipinski definition) is 2. The van der Waals surface area contributed by atoms with Crippen LogP contribution in [-0.2, 0) is 6.54 Å². The minimum Gasteiger partial charge on any atom is -0.361 e. The molecule has 80 valence electrons. The number of H-pyrrole nitrogens is 1. The molecule has 0 bridgehead atoms. The molecule has 1 aromatic carbocycles. The van der Waals surface area contributed by atoms with Crippen molar-refractivity contribution < 1.29 is 0 Å². The fourth-order valence-electron chi connectivity index (χ4n) is 1.87. The summed E-state index contributed by atoms with van der Waals surface area (Å²) >= 11 is 0. The molecule has 3 nitrogen and oxygen atoms in total. The van der Waals surface area contributed by atoms with E-state index in [1.807, 2.05) is 6.20 Å². The standard InChI is InChI=1S/C12H17N3/c1-15(8-6-13)9-11-4-2-3-10-5-7-14-12(10)11/h2-5,7,14H,6,8-9,13H2,1H3. The largest absolute Gasteiger partial charge is 0.361 e. The molecule has 0 spiro atoms. The summed E-state index contributed by atoms with van der Waals surface area (Å²) in [6, 6.07) is 8.48. The van der Waals surface area contributed by atoms with Crippen LogP contribution >= 0.6 is 0 Å². The summed E-state index contributed by atoms with van der Waals surface area (Å²) in [6.45, 7) is 2.57. The zero-order valence-corrected chi connectivity index (χ0v) is 9.03. The second-order valence-electron chi connectivity index (χ2n) is 3.89. The fourth-order valence-corrected chi connectivity index (χ4v) is 1.87. The zero-order valence-electron chi connectivity index (χ0n) is 9.03. The molecule has 0 fully saturated rings. The van der Waals surface area contributed by atoms with Gasteiger partial charge in [-0.05, 0) is 24.1 Å². The lowest BCUT2D eigenvalue weighted by Crippen LogP contribution is -2.25. The minimum absolute atomic E-state index is 0.706. The highest BCUT2D eigenvalue weighted by Crippen LogP contribution is 2.17. The highest BCUT2D eigenvalue weighted by Gasteiger charge is 2.04. The maximum absolute atomic E-state index is 5.53. The van der Waals surface area contributed by atoms with Crippen molar-refractivity contribution in [2.24, 2.45) is 5.73 Å². The highest BCUT2D eigenvalue weighted by molar-refractivity contribution is 5.82. The molecule has 15 heavy (non-hydrogen) atoms. The van der Waals surface area contributed by atoms with E-state index in [9.17, 15) is 0 Å². The SMILES string of the molecule is CN(CCN)Cc1cccc2cc[nH]c12. The second-order valence-corrected chi connectivity index (χ2v) is 3.89. The molecular weight excluding hydrogens is 186 g/mol. The van der Waals surface area contributed by atoms with Crippen LogP contribution < -0.4 is 5.73 Å². The van der Waals surface area contributed by atoms with E-state index in [0.29, 0.717) is 6.54 Å². The van der Waals surface area contributed by atoms with Gasteiger partial charge in [0.1, 0.15) is 0 Å². The predicted molar refractivity (Wildman–Crippen MR) is 63.7 cm³/mol. The van der Waals surface area contributed by atoms with Gasteiger partial charge in [0, 0.05) is 31.3 Å². The van der Waals surface area contributed by atoms with Gasteiger partial charge >= 0.3 is 0 Å². The van der Waals surface area contributed by atoms with Crippen LogP contribution in [0.15, 0.2) is 30.5 Å². The monoisotopic (exact) mass is 203 g/mol. The van der Waals surface area contributed by atoms with Crippen LogP contribution in [0.25, 0.3) is 10.9 Å². The average Bonchev–Trinajstić information content (AvgIpc) is 2.67. The number of benzene rings is 1. The number of rotatable bonds is 4. The number of likely N-dealkylation sites (N-methyl/N-ethyl adjacent to an activating group) is 1. The van der Waals surface area contributed by atoms with E-state index in [0.717, 1.165) is 13.1 Å². The third-order valence-electron chi connectivity index (χ3n) is 2.62. The first-order valence-electron chi connectivity index (χ1n) is 5.25. The molecule has 1 heterocycles. The topological polar surface area (TPSA) is 45.0 Å². The van der Waals surface area contributed by atoms with Gasteiger partial charge in [0.15, 0.2) is 0 Å². The van der Waals surface area contributed by atoms with E-state index in [4.69, 9.17) is 5.73 Å². The van der Waals surface area contributed by atoms with Gasteiger partial charge < -0.3 is 15.6 Å². The summed E-state index contributed by atoms with van der Waals surface area (Å²) in [4.78, 5) is 5.51. The highest BCUT2D eigenvalue weighted by atomic mass is 15.1. The van der Waals surface area contributed by atoms with Gasteiger partial charge in [-0.25, -0.2) is 0 Å². The number of aromatic nitrogens is 1. The lowest BCUT2D eigenvalue weighted by molar-refractivity contribution is 0.337. The minimum atomic E-state index is 0.706. The lowest BCUT2D eigenvalue weighted by Gasteiger charge is -2.15. The van der Waals surface area contributed by atoms with Crippen LogP contribution in [0, 0.1) is 0 Å². The smallest absolute Gasteiger partial charge is 0.0499 e. The molecule has 0 saturated carbocycles. The molecule has 0 saturated heterocycles. The Hall–Kier alpha value is -1.32. The van der Waals surface area contributed by atoms with Crippen molar-refractivity contribution in [2.45, 2.75) is 6.54 Å². The van der Waals surface area contributed by atoms with E-state index in [1.165, 1.54) is 16.5 Å². The van der Waals surface area contributed by atoms with Crippen molar-refractivity contribution in [2.75, 3.05) is 20.1 Å². The molecule has 0 aliphatic rings. The van der Waals surface area contributed by atoms with E-state index in [-0.39, 0.29) is 0 Å². The fraction of sp³-hybridized carbons (Fsp3) is 0.333. The Morgan fingerprint density at radius 1 is 1.33 bits per heavy atom. The number of nitrogens with one attached hydrogen (secondary N) is 1. The quantitative estimate of drug-likeness (QED) is 0.792. The van der Waals surface area contributed by atoms with Crippen LogP contribution in [0.3, 0.4) is 0 Å². The van der Waals surface area contributed by atoms with Crippen LogP contribution in [0.5, 0.6) is 0 Å². The van der Waals surface area contributed by atoms with Gasteiger partial charge in [0.05, 0.1) is 0 Å². The van der Waals surface area contributed by atoms with Crippen molar-refractivity contribution in [3.8, 4) is 0 Å². The summed E-state index contributed by atoms with van der Waals surface area (Å²) in [5.74, 6) is 0. The molecule has 1 aromatic heterocycles. The van der Waals surface area contributed by atoms with Crippen LogP contribution in [0.1, 0.15) is 5.56 Å². The number of para-hydroxylation sites is 1. The van der Waals surface area contributed by atoms with Crippen molar-refractivity contribution in [3.63, 3.8) is 0 Å². The molecule has 0 unspecified atom stereocenters. The Balaban J connectivity index is 2.23. The van der Waals surface area contributed by atoms with E-state index in [1.54, 1.807) is 0 Å². The number of nitrogens with zero attached hydrogens (tertiary/aromatic N) is 1. The predicted octanol–water partition coefficient (Wildman–Crippen LogP) is 1.56. The number of hydrogen-bond acceptors (Lipinski definition) is 2. The van der Waals surface area contributed by atoms with Crippen molar-refractivity contribution in [3.05, 3.63) is 36.0 Å². The molecule has 0 atom stereocenters. The first-order chi connectivity index (χ1) is 7.31. The summed E-state index contributed by atoms with van der Waals surface area (Å²) < 4.78 is 0. The van der Waals surface area contributed by atoms with Gasteiger partial charge in [0.2, 0.25) is 0 Å². The Labute approximate surface area is 89.9 Å². The number of fused-ring (bicyclic) bond motifs is 1. The molecule has 0 radical (unpaired) electrons. The normalized spacial score (nSPS) is 11.4. The second kappa shape index (κ2) is 4.47. The number of aromatic amines is 1. The molecule has 0 amide bonds. The molecule has 2 aromatic rings. The van der Waals surface area contributed by atoms with Gasteiger partial charge in [-0.3, -0.25) is 0 Å². The van der Waals surface area contributed by atoms with Crippen molar-refractivity contribution in [1.82, 2.24) is 9.88 Å². The van der Waals surface area contributed by atoms with E-state index < -0.39 is 0 Å². The molecule has 2 rings (SSSR count). The van der Waals surface area contributed by atoms with Gasteiger partial charge in [0.25, 0.3) is 0 Å². The lowest BCUT2D eigenvalue weighted by atomic mass is 10.1. The summed E-state index contributed by atoms with van der Waals surface area (Å²) in [6.07, 6.45) is 1.98. The van der Waals surface area contributed by atoms with E-state index >= 15 is 0 Å². The average molecular weight is 203 g/mol. The third-order valence-corrected chi connectivity index (χ3v) is 2.62. The zero-order chi connectivity index (χ0) is 10.7. The number of nitrogens with two attached hydrogens (primary N) is 1. The van der Waals surface area contributed by atoms with Crippen LogP contribution in [0.4, 0.5) is 0 Å². The Kier molecular flexibility index (Phi) is 3.04. The van der Waals surface area contributed by atoms with Crippen LogP contribution in [0.2, 0.25) is 0 Å². The molecule has 3 N–H and O–H groups in total. The summed E-state index contributed by atoms with van der Waals surface area (Å²) in [5, 5.41) is 1.27. The first-order valence-corrected chi connectivity index (χ1v) is 5.25. The Morgan fingerprint density at radius 2 is 2.20 bits per heavy atom. The van der Waals surface area contributed by atoms with Gasteiger partial charge in [-0.2, -0.15) is 0 Å². The van der Waals surface area contributed by atoms with Crippen LogP contribution in [-0.4, -0.2) is 30.0 Å². The summed E-state index contributed by atoms with van der Waals surface area (Å²) in [7, 11) is 2.09. The molecule has 0 aliphatic heterocycles. The van der Waals surface area contributed by atoms with Gasteiger partial charge in [-0.1, -0.05) is 18.2 Å². The first kappa shape index (κ1) is 10.2. The Bertz CT molecular complexity index is 433.